The van der Waals surface area contributed by atoms with Crippen molar-refractivity contribution < 1.29 is 18.8 Å². The van der Waals surface area contributed by atoms with Gasteiger partial charge in [-0.25, -0.2) is 4.79 Å². The van der Waals surface area contributed by atoms with Crippen LogP contribution >= 0.6 is 0 Å². The van der Waals surface area contributed by atoms with E-state index in [-0.39, 0.29) is 6.09 Å². The number of carbonyl (C=O) groups excluding carboxylic acids is 1. The first-order valence-electron chi connectivity index (χ1n) is 12.8. The van der Waals surface area contributed by atoms with Gasteiger partial charge in [0, 0.05) is 24.0 Å². The molecule has 196 valence electrons. The Bertz CT molecular complexity index is 1100. The Kier molecular flexibility index (Phi) is 9.76. The highest BCUT2D eigenvalue weighted by molar-refractivity contribution is 5.84. The maximum absolute atomic E-state index is 12.3. The number of nitrogens with zero attached hydrogens (tertiary/aromatic N) is 2. The molecule has 0 aliphatic carbocycles. The molecule has 7 heteroatoms. The molecule has 1 aliphatic heterocycles. The van der Waals surface area contributed by atoms with Crippen LogP contribution in [0.3, 0.4) is 0 Å². The molecular weight excluding hydrogens is 454 g/mol. The molecule has 1 fully saturated rings. The van der Waals surface area contributed by atoms with Gasteiger partial charge in [-0.2, -0.15) is 0 Å². The van der Waals surface area contributed by atoms with Gasteiger partial charge in [0.1, 0.15) is 18.0 Å². The quantitative estimate of drug-likeness (QED) is 0.443. The van der Waals surface area contributed by atoms with Gasteiger partial charge < -0.3 is 24.2 Å². The van der Waals surface area contributed by atoms with Crippen molar-refractivity contribution in [3.63, 3.8) is 0 Å². The predicted octanol–water partition coefficient (Wildman–Crippen LogP) is 6.13. The molecule has 1 aromatic heterocycles. The number of aryl methyl sites for hydroxylation is 2. The molecule has 0 bridgehead atoms. The zero-order valence-corrected chi connectivity index (χ0v) is 22.6. The summed E-state index contributed by atoms with van der Waals surface area (Å²) >= 11 is 0. The molecule has 0 saturated carbocycles. The summed E-state index contributed by atoms with van der Waals surface area (Å²) in [5.41, 5.74) is 3.46. The minimum absolute atomic E-state index is 0.204. The summed E-state index contributed by atoms with van der Waals surface area (Å²) in [6.07, 6.45) is 3.68. The molecule has 1 aliphatic rings. The molecule has 3 aromatic rings. The molecule has 0 radical (unpaired) electrons. The average molecular weight is 496 g/mol. The smallest absolute Gasteiger partial charge is 0.410 e. The van der Waals surface area contributed by atoms with Crippen molar-refractivity contribution in [1.82, 2.24) is 15.4 Å². The number of amides is 1. The first-order valence-corrected chi connectivity index (χ1v) is 12.8. The fourth-order valence-electron chi connectivity index (χ4n) is 4.31. The van der Waals surface area contributed by atoms with E-state index in [1.807, 2.05) is 71.0 Å². The van der Waals surface area contributed by atoms with Crippen molar-refractivity contribution in [2.75, 3.05) is 27.2 Å². The number of ether oxygens (including phenoxy) is 2. The number of rotatable bonds is 6. The van der Waals surface area contributed by atoms with Gasteiger partial charge in [-0.05, 0) is 91.1 Å². The van der Waals surface area contributed by atoms with Crippen molar-refractivity contribution in [3.8, 4) is 5.75 Å². The number of fused-ring (bicyclic) bond motifs is 1. The summed E-state index contributed by atoms with van der Waals surface area (Å²) in [4.78, 5) is 14.1. The largest absolute Gasteiger partial charge is 0.488 e. The Morgan fingerprint density at radius 2 is 1.78 bits per heavy atom. The molecule has 1 N–H and O–H groups in total. The van der Waals surface area contributed by atoms with E-state index in [0.717, 1.165) is 72.3 Å². The lowest BCUT2D eigenvalue weighted by molar-refractivity contribution is 0.0181. The molecule has 4 rings (SSSR count). The van der Waals surface area contributed by atoms with E-state index in [9.17, 15) is 4.79 Å². The van der Waals surface area contributed by atoms with E-state index in [1.54, 1.807) is 0 Å². The van der Waals surface area contributed by atoms with Gasteiger partial charge in [-0.15, -0.1) is 0 Å². The first kappa shape index (κ1) is 27.5. The molecule has 0 spiro atoms. The standard InChI is InChI=1S/C27H34N2O4.C2H7N/c1-19-24(31-18-21-8-6-5-7-9-21)13-11-22-23(28-33-25(19)22)12-10-20-14-16-29(17-15-20)26(30)32-27(2,3)4;1-3-2/h5-9,11,13,20H,10,12,14-18H2,1-4H3;3H,1-2H3. The molecule has 7 nitrogen and oxygen atoms in total. The van der Waals surface area contributed by atoms with Crippen molar-refractivity contribution in [1.29, 1.82) is 0 Å². The second kappa shape index (κ2) is 12.8. The third-order valence-corrected chi connectivity index (χ3v) is 6.21. The molecule has 0 unspecified atom stereocenters. The van der Waals surface area contributed by atoms with Crippen LogP contribution in [-0.2, 0) is 17.8 Å². The third-order valence-electron chi connectivity index (χ3n) is 6.21. The zero-order chi connectivity index (χ0) is 26.1. The van der Waals surface area contributed by atoms with Crippen molar-refractivity contribution >= 4 is 17.1 Å². The summed E-state index contributed by atoms with van der Waals surface area (Å²) in [5.74, 6) is 1.40. The molecule has 0 atom stereocenters. The van der Waals surface area contributed by atoms with E-state index in [1.165, 1.54) is 0 Å². The predicted molar refractivity (Wildman–Crippen MR) is 143 cm³/mol. The Labute approximate surface area is 215 Å². The van der Waals surface area contributed by atoms with E-state index in [4.69, 9.17) is 14.0 Å². The van der Waals surface area contributed by atoms with Gasteiger partial charge in [-0.3, -0.25) is 0 Å². The molecule has 36 heavy (non-hydrogen) atoms. The Morgan fingerprint density at radius 1 is 1.11 bits per heavy atom. The van der Waals surface area contributed by atoms with Crippen LogP contribution in [0.2, 0.25) is 0 Å². The second-order valence-corrected chi connectivity index (χ2v) is 10.4. The number of nitrogens with one attached hydrogen (secondary N) is 1. The average Bonchev–Trinajstić information content (AvgIpc) is 3.26. The van der Waals surface area contributed by atoms with Gasteiger partial charge in [0.2, 0.25) is 0 Å². The number of carbonyl (C=O) groups is 1. The summed E-state index contributed by atoms with van der Waals surface area (Å²) < 4.78 is 17.2. The number of benzene rings is 2. The Hall–Kier alpha value is -3.06. The maximum Gasteiger partial charge on any atom is 0.410 e. The lowest BCUT2D eigenvalue weighted by Crippen LogP contribution is -2.41. The van der Waals surface area contributed by atoms with Crippen LogP contribution in [0.15, 0.2) is 47.0 Å². The van der Waals surface area contributed by atoms with Crippen LogP contribution in [-0.4, -0.2) is 48.9 Å². The zero-order valence-electron chi connectivity index (χ0n) is 22.6. The van der Waals surface area contributed by atoms with E-state index in [0.29, 0.717) is 12.5 Å². The molecular formula is C29H41N3O4. The number of hydrogen-bond donors (Lipinski definition) is 1. The fraction of sp³-hybridized carbons (Fsp3) is 0.517. The van der Waals surface area contributed by atoms with Crippen molar-refractivity contribution in [2.24, 2.45) is 5.92 Å². The summed E-state index contributed by atoms with van der Waals surface area (Å²) in [6.45, 7) is 9.75. The van der Waals surface area contributed by atoms with Gasteiger partial charge >= 0.3 is 6.09 Å². The highest BCUT2D eigenvalue weighted by atomic mass is 16.6. The van der Waals surface area contributed by atoms with Gasteiger partial charge in [-0.1, -0.05) is 35.5 Å². The van der Waals surface area contributed by atoms with Crippen molar-refractivity contribution in [2.45, 2.75) is 65.6 Å². The fourth-order valence-corrected chi connectivity index (χ4v) is 4.31. The van der Waals surface area contributed by atoms with E-state index in [2.05, 4.69) is 28.7 Å². The normalized spacial score (nSPS) is 14.3. The number of piperidine rings is 1. The minimum Gasteiger partial charge on any atom is -0.488 e. The van der Waals surface area contributed by atoms with E-state index < -0.39 is 5.60 Å². The van der Waals surface area contributed by atoms with Crippen LogP contribution in [0.1, 0.15) is 56.9 Å². The van der Waals surface area contributed by atoms with Crippen LogP contribution in [0.5, 0.6) is 5.75 Å². The van der Waals surface area contributed by atoms with Crippen molar-refractivity contribution in [3.05, 3.63) is 59.3 Å². The summed E-state index contributed by atoms with van der Waals surface area (Å²) in [5, 5.41) is 8.18. The van der Waals surface area contributed by atoms with E-state index >= 15 is 0 Å². The number of hydrogen-bond acceptors (Lipinski definition) is 6. The van der Waals surface area contributed by atoms with Gasteiger partial charge in [0.15, 0.2) is 5.58 Å². The lowest BCUT2D eigenvalue weighted by Gasteiger charge is -2.33. The molecule has 1 saturated heterocycles. The summed E-state index contributed by atoms with van der Waals surface area (Å²) in [6, 6.07) is 14.2. The first-order chi connectivity index (χ1) is 17.2. The minimum atomic E-state index is -0.452. The third kappa shape index (κ3) is 7.72. The SMILES string of the molecule is CNC.Cc1c(OCc2ccccc2)ccc2c(CCC3CCN(C(=O)OC(C)(C)C)CC3)noc12. The number of likely N-dealkylation sites (tertiary alicyclic amines) is 1. The summed E-state index contributed by atoms with van der Waals surface area (Å²) in [7, 11) is 3.75. The van der Waals surface area contributed by atoms with Crippen LogP contribution < -0.4 is 10.1 Å². The van der Waals surface area contributed by atoms with Gasteiger partial charge in [0.05, 0.1) is 5.69 Å². The second-order valence-electron chi connectivity index (χ2n) is 10.4. The van der Waals surface area contributed by atoms with Crippen LogP contribution in [0, 0.1) is 12.8 Å². The molecule has 2 aromatic carbocycles. The Balaban J connectivity index is 0.00000115. The van der Waals surface area contributed by atoms with Gasteiger partial charge in [0.25, 0.3) is 0 Å². The molecule has 1 amide bonds. The topological polar surface area (TPSA) is 76.8 Å². The van der Waals surface area contributed by atoms with Crippen LogP contribution in [0.25, 0.3) is 11.0 Å². The maximum atomic E-state index is 12.3. The molecule has 2 heterocycles. The monoisotopic (exact) mass is 495 g/mol. The highest BCUT2D eigenvalue weighted by Gasteiger charge is 2.27. The highest BCUT2D eigenvalue weighted by Crippen LogP contribution is 2.31. The lowest BCUT2D eigenvalue weighted by atomic mass is 9.91. The Morgan fingerprint density at radius 3 is 2.42 bits per heavy atom. The number of aromatic nitrogens is 1. The van der Waals surface area contributed by atoms with Crippen LogP contribution in [0.4, 0.5) is 4.79 Å².